The number of amides is 1. The molecule has 0 bridgehead atoms. The van der Waals surface area contributed by atoms with Gasteiger partial charge in [0.05, 0.1) is 17.1 Å². The Morgan fingerprint density at radius 3 is 2.95 bits per heavy atom. The molecule has 0 spiro atoms. The first-order valence-electron chi connectivity index (χ1n) is 6.65. The molecule has 5 nitrogen and oxygen atoms in total. The molecule has 7 heteroatoms. The van der Waals surface area contributed by atoms with Crippen LogP contribution in [-0.2, 0) is 22.4 Å². The standard InChI is InChI=1S/C14H16N2O3S2/c1-8-2-3-9-10(5-15)14(21-11(9)4-8)16-12(17)6-20-7-13(18)19/h8H,2-4,6-7H2,1H3,(H,16,17)(H,18,19). The number of aliphatic carboxylic acids is 1. The van der Waals surface area contributed by atoms with Crippen LogP contribution >= 0.6 is 23.1 Å². The van der Waals surface area contributed by atoms with Gasteiger partial charge in [-0.25, -0.2) is 0 Å². The van der Waals surface area contributed by atoms with E-state index in [0.717, 1.165) is 36.6 Å². The summed E-state index contributed by atoms with van der Waals surface area (Å²) < 4.78 is 0. The second kappa shape index (κ2) is 6.96. The number of nitrogens with zero attached hydrogens (tertiary/aromatic N) is 1. The van der Waals surface area contributed by atoms with Crippen LogP contribution in [0, 0.1) is 17.2 Å². The third kappa shape index (κ3) is 3.99. The quantitative estimate of drug-likeness (QED) is 0.868. The van der Waals surface area contributed by atoms with E-state index in [-0.39, 0.29) is 17.4 Å². The molecule has 1 aromatic rings. The number of fused-ring (bicyclic) bond motifs is 1. The number of thioether (sulfide) groups is 1. The lowest BCUT2D eigenvalue weighted by molar-refractivity contribution is -0.133. The van der Waals surface area contributed by atoms with E-state index in [1.54, 1.807) is 0 Å². The Morgan fingerprint density at radius 2 is 2.29 bits per heavy atom. The zero-order chi connectivity index (χ0) is 15.4. The van der Waals surface area contributed by atoms with Gasteiger partial charge in [-0.2, -0.15) is 5.26 Å². The van der Waals surface area contributed by atoms with Crippen molar-refractivity contribution in [3.63, 3.8) is 0 Å². The van der Waals surface area contributed by atoms with Crippen LogP contribution in [0.2, 0.25) is 0 Å². The van der Waals surface area contributed by atoms with Gasteiger partial charge in [-0.15, -0.1) is 23.1 Å². The van der Waals surface area contributed by atoms with Gasteiger partial charge in [0, 0.05) is 4.88 Å². The van der Waals surface area contributed by atoms with E-state index in [0.29, 0.717) is 16.5 Å². The van der Waals surface area contributed by atoms with Crippen LogP contribution < -0.4 is 5.32 Å². The topological polar surface area (TPSA) is 90.2 Å². The van der Waals surface area contributed by atoms with Crippen LogP contribution in [-0.4, -0.2) is 28.5 Å². The van der Waals surface area contributed by atoms with Gasteiger partial charge < -0.3 is 10.4 Å². The van der Waals surface area contributed by atoms with E-state index in [2.05, 4.69) is 18.3 Å². The number of nitrogens with one attached hydrogen (secondary N) is 1. The molecule has 1 aliphatic carbocycles. The SMILES string of the molecule is CC1CCc2c(sc(NC(=O)CSCC(=O)O)c2C#N)C1. The van der Waals surface area contributed by atoms with Gasteiger partial charge in [-0.3, -0.25) is 9.59 Å². The fraction of sp³-hybridized carbons (Fsp3) is 0.500. The lowest BCUT2D eigenvalue weighted by Gasteiger charge is -2.17. The molecule has 1 unspecified atom stereocenters. The third-order valence-electron chi connectivity index (χ3n) is 3.34. The largest absolute Gasteiger partial charge is 0.481 e. The Balaban J connectivity index is 2.05. The molecule has 0 fully saturated rings. The first-order chi connectivity index (χ1) is 10.0. The van der Waals surface area contributed by atoms with Crippen LogP contribution in [0.15, 0.2) is 0 Å². The van der Waals surface area contributed by atoms with Gasteiger partial charge >= 0.3 is 5.97 Å². The zero-order valence-electron chi connectivity index (χ0n) is 11.6. The summed E-state index contributed by atoms with van der Waals surface area (Å²) in [6.07, 6.45) is 2.91. The summed E-state index contributed by atoms with van der Waals surface area (Å²) in [4.78, 5) is 23.4. The molecule has 1 heterocycles. The predicted octanol–water partition coefficient (Wildman–Crippen LogP) is 2.50. The van der Waals surface area contributed by atoms with Gasteiger partial charge in [-0.05, 0) is 30.7 Å². The summed E-state index contributed by atoms with van der Waals surface area (Å²) in [6, 6.07) is 2.19. The van der Waals surface area contributed by atoms with Crippen molar-refractivity contribution in [1.29, 1.82) is 5.26 Å². The van der Waals surface area contributed by atoms with Crippen LogP contribution in [0.1, 0.15) is 29.3 Å². The van der Waals surface area contributed by atoms with E-state index in [4.69, 9.17) is 5.11 Å². The second-order valence-electron chi connectivity index (χ2n) is 5.10. The Morgan fingerprint density at radius 1 is 1.52 bits per heavy atom. The predicted molar refractivity (Wildman–Crippen MR) is 83.8 cm³/mol. The molecular weight excluding hydrogens is 308 g/mol. The van der Waals surface area contributed by atoms with E-state index < -0.39 is 5.97 Å². The molecule has 0 saturated carbocycles. The molecule has 1 aromatic heterocycles. The van der Waals surface area contributed by atoms with Crippen molar-refractivity contribution in [1.82, 2.24) is 0 Å². The van der Waals surface area contributed by atoms with Crippen molar-refractivity contribution in [3.05, 3.63) is 16.0 Å². The Kier molecular flexibility index (Phi) is 5.26. The molecule has 112 valence electrons. The highest BCUT2D eigenvalue weighted by Crippen LogP contribution is 2.39. The minimum atomic E-state index is -0.939. The average Bonchev–Trinajstić information content (AvgIpc) is 2.74. The summed E-state index contributed by atoms with van der Waals surface area (Å²) >= 11 is 2.53. The van der Waals surface area contributed by atoms with Crippen molar-refractivity contribution >= 4 is 40.0 Å². The zero-order valence-corrected chi connectivity index (χ0v) is 13.3. The molecule has 21 heavy (non-hydrogen) atoms. The number of carbonyl (C=O) groups is 2. The van der Waals surface area contributed by atoms with Gasteiger partial charge in [0.2, 0.25) is 5.91 Å². The Bertz CT molecular complexity index is 604. The maximum Gasteiger partial charge on any atom is 0.313 e. The van der Waals surface area contributed by atoms with Crippen LogP contribution in [0.3, 0.4) is 0 Å². The molecular formula is C14H16N2O3S2. The van der Waals surface area contributed by atoms with E-state index in [1.807, 2.05) is 0 Å². The molecule has 0 saturated heterocycles. The van der Waals surface area contributed by atoms with Gasteiger partial charge in [0.15, 0.2) is 0 Å². The first kappa shape index (κ1) is 15.9. The summed E-state index contributed by atoms with van der Waals surface area (Å²) in [6.45, 7) is 2.19. The first-order valence-corrected chi connectivity index (χ1v) is 8.62. The third-order valence-corrected chi connectivity index (χ3v) is 5.42. The number of rotatable bonds is 5. The minimum absolute atomic E-state index is 0.0795. The molecule has 1 atom stereocenters. The summed E-state index contributed by atoms with van der Waals surface area (Å²) in [5, 5.41) is 21.2. The van der Waals surface area contributed by atoms with Crippen molar-refractivity contribution < 1.29 is 14.7 Å². The smallest absolute Gasteiger partial charge is 0.313 e. The lowest BCUT2D eigenvalue weighted by atomic mass is 9.89. The summed E-state index contributed by atoms with van der Waals surface area (Å²) in [7, 11) is 0. The van der Waals surface area contributed by atoms with Crippen LogP contribution in [0.25, 0.3) is 0 Å². The maximum absolute atomic E-state index is 11.8. The van der Waals surface area contributed by atoms with Gasteiger partial charge in [-0.1, -0.05) is 6.92 Å². The van der Waals surface area contributed by atoms with Gasteiger partial charge in [0.25, 0.3) is 0 Å². The number of anilines is 1. The fourth-order valence-corrected chi connectivity index (χ4v) is 4.26. The molecule has 2 rings (SSSR count). The Labute approximate surface area is 131 Å². The Hall–Kier alpha value is -1.52. The molecule has 0 aliphatic heterocycles. The molecule has 0 radical (unpaired) electrons. The normalized spacial score (nSPS) is 16.9. The fourth-order valence-electron chi connectivity index (χ4n) is 2.35. The van der Waals surface area contributed by atoms with E-state index in [9.17, 15) is 14.9 Å². The highest BCUT2D eigenvalue weighted by atomic mass is 32.2. The number of nitriles is 1. The number of carbonyl (C=O) groups excluding carboxylic acids is 1. The molecule has 1 amide bonds. The number of thiophene rings is 1. The minimum Gasteiger partial charge on any atom is -0.481 e. The number of hydrogen-bond acceptors (Lipinski definition) is 5. The number of carboxylic acids is 1. The number of carboxylic acid groups (broad SMARTS) is 1. The lowest BCUT2D eigenvalue weighted by Crippen LogP contribution is -2.15. The van der Waals surface area contributed by atoms with E-state index >= 15 is 0 Å². The van der Waals surface area contributed by atoms with Crippen molar-refractivity contribution in [2.75, 3.05) is 16.8 Å². The van der Waals surface area contributed by atoms with Crippen molar-refractivity contribution in [3.8, 4) is 6.07 Å². The highest BCUT2D eigenvalue weighted by molar-refractivity contribution is 8.00. The second-order valence-corrected chi connectivity index (χ2v) is 7.19. The van der Waals surface area contributed by atoms with Crippen molar-refractivity contribution in [2.45, 2.75) is 26.2 Å². The molecule has 1 aliphatic rings. The maximum atomic E-state index is 11.8. The monoisotopic (exact) mass is 324 g/mol. The molecule has 2 N–H and O–H groups in total. The number of hydrogen-bond donors (Lipinski definition) is 2. The summed E-state index contributed by atoms with van der Waals surface area (Å²) in [5.41, 5.74) is 1.66. The van der Waals surface area contributed by atoms with Crippen molar-refractivity contribution in [2.24, 2.45) is 5.92 Å². The van der Waals surface area contributed by atoms with Gasteiger partial charge in [0.1, 0.15) is 11.1 Å². The van der Waals surface area contributed by atoms with Crippen LogP contribution in [0.4, 0.5) is 5.00 Å². The highest BCUT2D eigenvalue weighted by Gasteiger charge is 2.24. The average molecular weight is 324 g/mol. The summed E-state index contributed by atoms with van der Waals surface area (Å²) in [5.74, 6) is -0.611. The molecule has 0 aromatic carbocycles. The van der Waals surface area contributed by atoms with E-state index in [1.165, 1.54) is 16.2 Å². The van der Waals surface area contributed by atoms with Crippen LogP contribution in [0.5, 0.6) is 0 Å².